The number of benzene rings is 3. The van der Waals surface area contributed by atoms with Crippen molar-refractivity contribution in [3.63, 3.8) is 0 Å². The second-order valence-corrected chi connectivity index (χ2v) is 12.8. The molecule has 5 atom stereocenters. The van der Waals surface area contributed by atoms with E-state index in [1.807, 2.05) is 73.7 Å². The molecule has 1 saturated heterocycles. The Morgan fingerprint density at radius 3 is 2.27 bits per heavy atom. The molecule has 0 aromatic heterocycles. The summed E-state index contributed by atoms with van der Waals surface area (Å²) in [6, 6.07) is 24.1. The van der Waals surface area contributed by atoms with Gasteiger partial charge in [-0.1, -0.05) is 48.5 Å². The molecule has 1 N–H and O–H groups in total. The molecular formula is C33H40O7S. The van der Waals surface area contributed by atoms with Gasteiger partial charge in [0.25, 0.3) is 0 Å². The van der Waals surface area contributed by atoms with E-state index in [1.54, 1.807) is 32.9 Å². The van der Waals surface area contributed by atoms with Crippen LogP contribution in [0.15, 0.2) is 83.8 Å². The molecule has 0 amide bonds. The zero-order valence-electron chi connectivity index (χ0n) is 24.2. The van der Waals surface area contributed by atoms with Gasteiger partial charge in [-0.2, -0.15) is 0 Å². The van der Waals surface area contributed by atoms with Gasteiger partial charge >= 0.3 is 5.97 Å². The first-order chi connectivity index (χ1) is 19.6. The number of para-hydroxylation sites is 1. The number of aryl methyl sites for hydroxylation is 1. The van der Waals surface area contributed by atoms with E-state index >= 15 is 0 Å². The SMILES string of the molecule is Cc1ccccc1[S@@](=O)[C@H](C(=O)OC(C)(C)C)[C@@H](O)C[C@H](OC1CCCCO1)c1ccc(Oc2ccccc2)cc1. The molecule has 1 aliphatic heterocycles. The lowest BCUT2D eigenvalue weighted by molar-refractivity contribution is -0.195. The van der Waals surface area contributed by atoms with Crippen LogP contribution in [0.4, 0.5) is 0 Å². The molecule has 41 heavy (non-hydrogen) atoms. The van der Waals surface area contributed by atoms with Crippen LogP contribution >= 0.6 is 0 Å². The summed E-state index contributed by atoms with van der Waals surface area (Å²) in [4.78, 5) is 13.9. The average molecular weight is 581 g/mol. The van der Waals surface area contributed by atoms with Crippen LogP contribution < -0.4 is 4.74 Å². The zero-order chi connectivity index (χ0) is 29.4. The van der Waals surface area contributed by atoms with Gasteiger partial charge < -0.3 is 24.1 Å². The van der Waals surface area contributed by atoms with Gasteiger partial charge in [0.05, 0.1) is 23.0 Å². The molecule has 1 fully saturated rings. The minimum atomic E-state index is -1.86. The third-order valence-corrected chi connectivity index (χ3v) is 8.53. The summed E-state index contributed by atoms with van der Waals surface area (Å²) in [6.45, 7) is 7.67. The van der Waals surface area contributed by atoms with Crippen molar-refractivity contribution in [2.24, 2.45) is 0 Å². The van der Waals surface area contributed by atoms with Crippen molar-refractivity contribution in [1.29, 1.82) is 0 Å². The third-order valence-electron chi connectivity index (χ3n) is 6.67. The maximum Gasteiger partial charge on any atom is 0.325 e. The maximum atomic E-state index is 13.8. The third kappa shape index (κ3) is 8.97. The first kappa shape index (κ1) is 30.9. The fourth-order valence-corrected chi connectivity index (χ4v) is 6.15. The fraction of sp³-hybridized carbons (Fsp3) is 0.424. The first-order valence-corrected chi connectivity index (χ1v) is 15.3. The van der Waals surface area contributed by atoms with Crippen molar-refractivity contribution in [1.82, 2.24) is 0 Å². The monoisotopic (exact) mass is 580 g/mol. The topological polar surface area (TPSA) is 91.3 Å². The van der Waals surface area contributed by atoms with Gasteiger partial charge in [0.1, 0.15) is 17.1 Å². The first-order valence-electron chi connectivity index (χ1n) is 14.1. The molecule has 4 rings (SSSR count). The second kappa shape index (κ2) is 14.2. The molecule has 0 spiro atoms. The van der Waals surface area contributed by atoms with Gasteiger partial charge in [-0.05, 0) is 88.4 Å². The molecule has 1 heterocycles. The van der Waals surface area contributed by atoms with Crippen molar-refractivity contribution < 1.29 is 33.1 Å². The number of rotatable bonds is 11. The van der Waals surface area contributed by atoms with Gasteiger partial charge in [-0.15, -0.1) is 0 Å². The normalized spacial score (nSPS) is 18.6. The largest absolute Gasteiger partial charge is 0.459 e. The van der Waals surface area contributed by atoms with E-state index < -0.39 is 46.1 Å². The predicted octanol–water partition coefficient (Wildman–Crippen LogP) is 6.64. The maximum absolute atomic E-state index is 13.8. The Balaban J connectivity index is 1.60. The summed E-state index contributed by atoms with van der Waals surface area (Å²) in [5, 5.41) is 10.3. The minimum Gasteiger partial charge on any atom is -0.459 e. The molecule has 3 aromatic carbocycles. The smallest absolute Gasteiger partial charge is 0.325 e. The number of aliphatic hydroxyl groups is 1. The van der Waals surface area contributed by atoms with E-state index in [-0.39, 0.29) is 6.42 Å². The van der Waals surface area contributed by atoms with Crippen LogP contribution in [0.25, 0.3) is 0 Å². The minimum absolute atomic E-state index is 0.0142. The second-order valence-electron chi connectivity index (χ2n) is 11.2. The highest BCUT2D eigenvalue weighted by Crippen LogP contribution is 2.33. The van der Waals surface area contributed by atoms with Crippen LogP contribution in [0.2, 0.25) is 0 Å². The Hall–Kier alpha value is -3.04. The number of aliphatic hydroxyl groups excluding tert-OH is 1. The molecule has 3 aromatic rings. The van der Waals surface area contributed by atoms with Gasteiger partial charge in [-0.25, -0.2) is 0 Å². The molecule has 8 heteroatoms. The average Bonchev–Trinajstić information content (AvgIpc) is 2.93. The Kier molecular flexibility index (Phi) is 10.7. The van der Waals surface area contributed by atoms with E-state index in [0.717, 1.165) is 36.1 Å². The number of carbonyl (C=O) groups excluding carboxylic acids is 1. The Bertz CT molecular complexity index is 1280. The van der Waals surface area contributed by atoms with Crippen molar-refractivity contribution in [2.45, 2.75) is 87.6 Å². The van der Waals surface area contributed by atoms with Crippen LogP contribution in [0.5, 0.6) is 11.5 Å². The summed E-state index contributed by atoms with van der Waals surface area (Å²) < 4.78 is 37.6. The summed E-state index contributed by atoms with van der Waals surface area (Å²) >= 11 is 0. The van der Waals surface area contributed by atoms with Crippen molar-refractivity contribution in [2.75, 3.05) is 6.61 Å². The molecule has 0 bridgehead atoms. The van der Waals surface area contributed by atoms with Gasteiger partial charge in [0.15, 0.2) is 11.5 Å². The summed E-state index contributed by atoms with van der Waals surface area (Å²) in [7, 11) is -1.86. The number of hydrogen-bond acceptors (Lipinski definition) is 7. The highest BCUT2D eigenvalue weighted by Gasteiger charge is 2.39. The lowest BCUT2D eigenvalue weighted by Crippen LogP contribution is -2.43. The van der Waals surface area contributed by atoms with Crippen LogP contribution in [0, 0.1) is 6.92 Å². The number of ether oxygens (including phenoxy) is 4. The molecular weight excluding hydrogens is 540 g/mol. The van der Waals surface area contributed by atoms with Gasteiger partial charge in [-0.3, -0.25) is 9.00 Å². The lowest BCUT2D eigenvalue weighted by Gasteiger charge is -2.31. The van der Waals surface area contributed by atoms with Crippen LogP contribution in [0.3, 0.4) is 0 Å². The van der Waals surface area contributed by atoms with E-state index in [9.17, 15) is 14.1 Å². The predicted molar refractivity (Wildman–Crippen MR) is 158 cm³/mol. The Morgan fingerprint density at radius 1 is 0.976 bits per heavy atom. The molecule has 7 nitrogen and oxygen atoms in total. The molecule has 1 aliphatic rings. The number of carbonyl (C=O) groups is 1. The number of esters is 1. The van der Waals surface area contributed by atoms with Crippen LogP contribution in [-0.2, 0) is 29.8 Å². The van der Waals surface area contributed by atoms with E-state index in [2.05, 4.69) is 0 Å². The highest BCUT2D eigenvalue weighted by molar-refractivity contribution is 7.86. The van der Waals surface area contributed by atoms with Crippen molar-refractivity contribution in [3.8, 4) is 11.5 Å². The number of hydrogen-bond donors (Lipinski definition) is 1. The quantitative estimate of drug-likeness (QED) is 0.254. The summed E-state index contributed by atoms with van der Waals surface area (Å²) in [5.41, 5.74) is 0.734. The fourth-order valence-electron chi connectivity index (χ4n) is 4.66. The lowest BCUT2D eigenvalue weighted by atomic mass is 10.0. The molecule has 0 saturated carbocycles. The van der Waals surface area contributed by atoms with E-state index in [0.29, 0.717) is 17.3 Å². The highest BCUT2D eigenvalue weighted by atomic mass is 32.2. The molecule has 220 valence electrons. The molecule has 0 radical (unpaired) electrons. The van der Waals surface area contributed by atoms with Gasteiger partial charge in [0.2, 0.25) is 0 Å². The zero-order valence-corrected chi connectivity index (χ0v) is 25.0. The van der Waals surface area contributed by atoms with Gasteiger partial charge in [0, 0.05) is 17.9 Å². The summed E-state index contributed by atoms with van der Waals surface area (Å²) in [6.07, 6.45) is 0.295. The molecule has 0 aliphatic carbocycles. The Labute approximate surface area is 245 Å². The van der Waals surface area contributed by atoms with Crippen molar-refractivity contribution >= 4 is 16.8 Å². The van der Waals surface area contributed by atoms with Crippen molar-refractivity contribution in [3.05, 3.63) is 90.0 Å². The standard InChI is InChI=1S/C33H40O7S/c1-23-12-8-9-15-29(23)41(36)31(32(35)40-33(2,3)4)27(34)22-28(39-30-16-10-11-21-37-30)24-17-19-26(20-18-24)38-25-13-6-5-7-14-25/h5-9,12-15,17-20,27-28,30-31,34H,10-11,16,21-22H2,1-4H3/t27-,28-,30?,31-,41+/m0/s1. The van der Waals surface area contributed by atoms with Crippen LogP contribution in [0.1, 0.15) is 63.7 Å². The Morgan fingerprint density at radius 2 is 1.63 bits per heavy atom. The summed E-state index contributed by atoms with van der Waals surface area (Å²) in [5.74, 6) is 0.657. The van der Waals surface area contributed by atoms with E-state index in [1.165, 1.54) is 0 Å². The van der Waals surface area contributed by atoms with E-state index in [4.69, 9.17) is 18.9 Å². The van der Waals surface area contributed by atoms with Crippen LogP contribution in [-0.4, -0.2) is 45.1 Å². The molecule has 1 unspecified atom stereocenters.